The minimum absolute atomic E-state index is 0.588. The Morgan fingerprint density at radius 2 is 0.828 bits per heavy atom. The Morgan fingerprint density at radius 1 is 0.414 bits per heavy atom. The van der Waals surface area contributed by atoms with E-state index in [1.807, 2.05) is 12.4 Å². The molecule has 10 rings (SSSR count). The van der Waals surface area contributed by atoms with Crippen LogP contribution >= 0.6 is 0 Å². The van der Waals surface area contributed by atoms with Crippen LogP contribution in [0.3, 0.4) is 0 Å². The second kappa shape index (κ2) is 13.5. The molecule has 278 valence electrons. The van der Waals surface area contributed by atoms with Crippen LogP contribution in [0, 0.1) is 52.9 Å². The third-order valence-corrected chi connectivity index (χ3v) is 12.0. The maximum Gasteiger partial charge on any atom is 0.0993 e. The molecular weight excluding hydrogens is 705 g/mol. The smallest absolute Gasteiger partial charge is 0.0993 e. The Morgan fingerprint density at radius 3 is 1.26 bits per heavy atom. The molecule has 0 spiro atoms. The van der Waals surface area contributed by atoms with Gasteiger partial charge in [0, 0.05) is 39.5 Å². The molecule has 3 heterocycles. The lowest BCUT2D eigenvalue weighted by molar-refractivity contribution is 1.13. The van der Waals surface area contributed by atoms with Gasteiger partial charge in [0.1, 0.15) is 0 Å². The van der Waals surface area contributed by atoms with Crippen LogP contribution < -0.4 is 0 Å². The van der Waals surface area contributed by atoms with Crippen molar-refractivity contribution in [3.63, 3.8) is 0 Å². The molecule has 10 aromatic rings. The topological polar surface area (TPSA) is 46.5 Å². The molecule has 0 aliphatic heterocycles. The van der Waals surface area contributed by atoms with Crippen LogP contribution in [0.2, 0.25) is 0 Å². The van der Waals surface area contributed by atoms with E-state index < -0.39 is 0 Å². The fourth-order valence-electron chi connectivity index (χ4n) is 9.89. The van der Waals surface area contributed by atoms with Gasteiger partial charge in [-0.2, -0.15) is 5.26 Å². The Labute approximate surface area is 338 Å². The van der Waals surface area contributed by atoms with Gasteiger partial charge in [-0.05, 0) is 152 Å². The van der Waals surface area contributed by atoms with Crippen molar-refractivity contribution >= 4 is 43.6 Å². The van der Waals surface area contributed by atoms with E-state index in [-0.39, 0.29) is 0 Å². The number of hydrogen-bond acceptors (Lipinski definition) is 2. The van der Waals surface area contributed by atoms with Gasteiger partial charge in [-0.1, -0.05) is 83.9 Å². The van der Waals surface area contributed by atoms with Crippen LogP contribution in [-0.2, 0) is 0 Å². The lowest BCUT2D eigenvalue weighted by Gasteiger charge is -2.21. The molecule has 0 N–H and O–H groups in total. The highest BCUT2D eigenvalue weighted by Gasteiger charge is 2.24. The number of benzene rings is 7. The molecule has 0 saturated carbocycles. The van der Waals surface area contributed by atoms with Crippen molar-refractivity contribution in [1.29, 1.82) is 5.26 Å². The highest BCUT2D eigenvalue weighted by molar-refractivity contribution is 6.13. The van der Waals surface area contributed by atoms with Crippen LogP contribution in [0.1, 0.15) is 38.9 Å². The summed E-state index contributed by atoms with van der Waals surface area (Å²) in [6.07, 6.45) is 3.71. The molecule has 0 bridgehead atoms. The van der Waals surface area contributed by atoms with E-state index >= 15 is 0 Å². The average molecular weight is 747 g/mol. The lowest BCUT2D eigenvalue weighted by Crippen LogP contribution is -2.05. The van der Waals surface area contributed by atoms with E-state index in [0.29, 0.717) is 5.56 Å². The summed E-state index contributed by atoms with van der Waals surface area (Å²) < 4.78 is 4.72. The number of fused-ring (bicyclic) bond motifs is 6. The van der Waals surface area contributed by atoms with Gasteiger partial charge < -0.3 is 9.13 Å². The first-order chi connectivity index (χ1) is 28.2. The van der Waals surface area contributed by atoms with Crippen LogP contribution in [-0.4, -0.2) is 14.1 Å². The van der Waals surface area contributed by atoms with Crippen molar-refractivity contribution in [2.75, 3.05) is 0 Å². The number of hydrogen-bond donors (Lipinski definition) is 0. The molecule has 3 aromatic heterocycles. The number of nitriles is 1. The zero-order valence-electron chi connectivity index (χ0n) is 33.6. The monoisotopic (exact) mass is 746 g/mol. The van der Waals surface area contributed by atoms with Crippen molar-refractivity contribution in [2.45, 2.75) is 41.5 Å². The Hall–Kier alpha value is -7.22. The predicted molar refractivity (Wildman–Crippen MR) is 242 cm³/mol. The molecule has 0 atom stereocenters. The minimum Gasteiger partial charge on any atom is -0.308 e. The standard InChI is InChI=1S/C54H42N4/c1-32-23-34(3)52(35(4)24-32)40-15-17-48-44(29-40)42-11-7-9-13-46(42)57(48)50-27-38(31-55)28-51(54(50)39-19-21-56-22-20-39)58-47-14-10-8-12-43(47)45-30-41(16-18-49(45)58)53-36(5)25-33(2)26-37(53)6/h7-30H,1-6H3. The number of aryl methyl sites for hydroxylation is 6. The quantitative estimate of drug-likeness (QED) is 0.176. The largest absolute Gasteiger partial charge is 0.308 e. The zero-order valence-corrected chi connectivity index (χ0v) is 33.6. The number of pyridine rings is 1. The number of nitrogens with zero attached hydrogens (tertiary/aromatic N) is 4. The average Bonchev–Trinajstić information content (AvgIpc) is 3.72. The summed E-state index contributed by atoms with van der Waals surface area (Å²) in [7, 11) is 0. The van der Waals surface area contributed by atoms with Crippen molar-refractivity contribution in [3.05, 3.63) is 185 Å². The zero-order chi connectivity index (χ0) is 39.8. The Bertz CT molecular complexity index is 3110. The van der Waals surface area contributed by atoms with Crippen molar-refractivity contribution in [3.8, 4) is 50.8 Å². The molecule has 7 aromatic carbocycles. The molecule has 0 fully saturated rings. The molecule has 0 aliphatic rings. The summed E-state index contributed by atoms with van der Waals surface area (Å²) in [6, 6.07) is 50.9. The van der Waals surface area contributed by atoms with E-state index in [0.717, 1.165) is 55.3 Å². The Balaban J connectivity index is 1.30. The predicted octanol–water partition coefficient (Wildman–Crippen LogP) is 14.0. The summed E-state index contributed by atoms with van der Waals surface area (Å²) in [5.74, 6) is 0. The van der Waals surface area contributed by atoms with Crippen molar-refractivity contribution < 1.29 is 0 Å². The van der Waals surface area contributed by atoms with Gasteiger partial charge >= 0.3 is 0 Å². The van der Waals surface area contributed by atoms with Gasteiger partial charge in [0.2, 0.25) is 0 Å². The highest BCUT2D eigenvalue weighted by Crippen LogP contribution is 2.44. The van der Waals surface area contributed by atoms with Crippen LogP contribution in [0.4, 0.5) is 0 Å². The van der Waals surface area contributed by atoms with Gasteiger partial charge in [-0.25, -0.2) is 0 Å². The second-order valence-electron chi connectivity index (χ2n) is 16.0. The summed E-state index contributed by atoms with van der Waals surface area (Å²) in [6.45, 7) is 13.2. The van der Waals surface area contributed by atoms with E-state index in [4.69, 9.17) is 0 Å². The van der Waals surface area contributed by atoms with Gasteiger partial charge in [0.15, 0.2) is 0 Å². The minimum atomic E-state index is 0.588. The van der Waals surface area contributed by atoms with Gasteiger partial charge in [0.25, 0.3) is 0 Å². The number of aromatic nitrogens is 3. The van der Waals surface area contributed by atoms with E-state index in [2.05, 4.69) is 195 Å². The fraction of sp³-hybridized carbons (Fsp3) is 0.111. The molecular formula is C54H42N4. The maximum absolute atomic E-state index is 10.8. The Kier molecular flexibility index (Phi) is 8.18. The molecule has 0 aliphatic carbocycles. The molecule has 0 saturated heterocycles. The third-order valence-electron chi connectivity index (χ3n) is 12.0. The molecule has 58 heavy (non-hydrogen) atoms. The summed E-state index contributed by atoms with van der Waals surface area (Å²) in [5.41, 5.74) is 21.4. The molecule has 0 radical (unpaired) electrons. The molecule has 0 amide bonds. The third kappa shape index (κ3) is 5.46. The van der Waals surface area contributed by atoms with E-state index in [1.165, 1.54) is 66.4 Å². The second-order valence-corrected chi connectivity index (χ2v) is 16.0. The molecule has 0 unspecified atom stereocenters. The summed E-state index contributed by atoms with van der Waals surface area (Å²) >= 11 is 0. The normalized spacial score (nSPS) is 11.6. The first kappa shape index (κ1) is 35.2. The van der Waals surface area contributed by atoms with Gasteiger partial charge in [0.05, 0.1) is 45.1 Å². The highest BCUT2D eigenvalue weighted by atomic mass is 15.0. The maximum atomic E-state index is 10.8. The van der Waals surface area contributed by atoms with Gasteiger partial charge in [-0.15, -0.1) is 0 Å². The first-order valence-corrected chi connectivity index (χ1v) is 19.9. The van der Waals surface area contributed by atoms with Crippen LogP contribution in [0.25, 0.3) is 88.4 Å². The first-order valence-electron chi connectivity index (χ1n) is 19.9. The lowest BCUT2D eigenvalue weighted by atomic mass is 9.93. The molecule has 4 heteroatoms. The SMILES string of the molecule is Cc1cc(C)c(-c2ccc3c(c2)c2ccccc2n3-c2cc(C#N)cc(-n3c4ccccc4c4cc(-c5c(C)cc(C)cc5C)ccc43)c2-c2ccncc2)c(C)c1. The summed E-state index contributed by atoms with van der Waals surface area (Å²) in [5, 5.41) is 15.5. The van der Waals surface area contributed by atoms with Crippen LogP contribution in [0.15, 0.2) is 146 Å². The number of rotatable bonds is 5. The van der Waals surface area contributed by atoms with Crippen LogP contribution in [0.5, 0.6) is 0 Å². The van der Waals surface area contributed by atoms with Crippen molar-refractivity contribution in [2.24, 2.45) is 0 Å². The van der Waals surface area contributed by atoms with Crippen molar-refractivity contribution in [1.82, 2.24) is 14.1 Å². The number of para-hydroxylation sites is 2. The van der Waals surface area contributed by atoms with Gasteiger partial charge in [-0.3, -0.25) is 4.98 Å². The fourth-order valence-corrected chi connectivity index (χ4v) is 9.89. The molecule has 4 nitrogen and oxygen atoms in total. The van der Waals surface area contributed by atoms with E-state index in [9.17, 15) is 5.26 Å². The summed E-state index contributed by atoms with van der Waals surface area (Å²) in [4.78, 5) is 4.44. The van der Waals surface area contributed by atoms with E-state index in [1.54, 1.807) is 0 Å².